The third kappa shape index (κ3) is 4.77. The molecular weight excluding hydrogens is 280 g/mol. The second-order valence-corrected chi connectivity index (χ2v) is 8.13. The first-order valence-corrected chi connectivity index (χ1v) is 8.73. The number of piperidine rings is 1. The molecular formula is C13H24N2O4S. The van der Waals surface area contributed by atoms with Crippen molar-refractivity contribution in [3.05, 3.63) is 0 Å². The van der Waals surface area contributed by atoms with Gasteiger partial charge in [-0.05, 0) is 25.7 Å². The molecule has 20 heavy (non-hydrogen) atoms. The monoisotopic (exact) mass is 304 g/mol. The average Bonchev–Trinajstić information content (AvgIpc) is 2.26. The molecule has 2 atom stereocenters. The Balaban J connectivity index is 2.72. The van der Waals surface area contributed by atoms with Gasteiger partial charge in [0.1, 0.15) is 5.75 Å². The van der Waals surface area contributed by atoms with Crippen molar-refractivity contribution in [3.63, 3.8) is 0 Å². The van der Waals surface area contributed by atoms with Crippen molar-refractivity contribution < 1.29 is 18.0 Å². The Bertz CT molecular complexity index is 473. The fraction of sp³-hybridized carbons (Fsp3) is 0.846. The molecule has 1 saturated heterocycles. The lowest BCUT2D eigenvalue weighted by atomic mass is 9.93. The summed E-state index contributed by atoms with van der Waals surface area (Å²) in [5, 5.41) is 0. The van der Waals surface area contributed by atoms with Gasteiger partial charge >= 0.3 is 0 Å². The van der Waals surface area contributed by atoms with Crippen LogP contribution < -0.4 is 5.73 Å². The summed E-state index contributed by atoms with van der Waals surface area (Å²) in [6.45, 7) is 5.69. The highest BCUT2D eigenvalue weighted by Gasteiger charge is 2.33. The van der Waals surface area contributed by atoms with Crippen molar-refractivity contribution in [1.29, 1.82) is 0 Å². The number of hydrogen-bond donors (Lipinski definition) is 1. The molecule has 1 heterocycles. The van der Waals surface area contributed by atoms with E-state index in [1.807, 2.05) is 6.92 Å². The second kappa shape index (κ2) is 6.56. The molecule has 1 aliphatic rings. The standard InChI is InChI=1S/C13H24N2O4S/c1-9(2)7-20(18,19)8-12(16)15-6-11(13(14)17)5-4-10(15)3/h9-11H,4-8H2,1-3H3,(H2,14,17)/t10-,11-/m0/s1. The van der Waals surface area contributed by atoms with Gasteiger partial charge in [-0.2, -0.15) is 0 Å². The normalized spacial score (nSPS) is 23.9. The van der Waals surface area contributed by atoms with Crippen molar-refractivity contribution in [2.75, 3.05) is 18.1 Å². The lowest BCUT2D eigenvalue weighted by molar-refractivity contribution is -0.135. The summed E-state index contributed by atoms with van der Waals surface area (Å²) in [5.41, 5.74) is 5.27. The first-order chi connectivity index (χ1) is 9.12. The fourth-order valence-corrected chi connectivity index (χ4v) is 4.20. The first kappa shape index (κ1) is 16.9. The van der Waals surface area contributed by atoms with Crippen molar-refractivity contribution in [1.82, 2.24) is 4.90 Å². The highest BCUT2D eigenvalue weighted by molar-refractivity contribution is 7.92. The molecule has 0 radical (unpaired) electrons. The molecule has 6 nitrogen and oxygen atoms in total. The molecule has 0 aromatic carbocycles. The maximum absolute atomic E-state index is 12.2. The Morgan fingerprint density at radius 2 is 1.90 bits per heavy atom. The minimum Gasteiger partial charge on any atom is -0.369 e. The molecule has 0 aromatic heterocycles. The van der Waals surface area contributed by atoms with Crippen LogP contribution in [0.3, 0.4) is 0 Å². The molecule has 0 unspecified atom stereocenters. The fourth-order valence-electron chi connectivity index (χ4n) is 2.52. The van der Waals surface area contributed by atoms with Crippen LogP contribution in [-0.2, 0) is 19.4 Å². The third-order valence-electron chi connectivity index (χ3n) is 3.54. The predicted octanol–water partition coefficient (Wildman–Crippen LogP) is 0.170. The molecule has 0 spiro atoms. The molecule has 2 N–H and O–H groups in total. The van der Waals surface area contributed by atoms with E-state index in [0.29, 0.717) is 12.8 Å². The van der Waals surface area contributed by atoms with Crippen LogP contribution in [0.15, 0.2) is 0 Å². The van der Waals surface area contributed by atoms with E-state index in [-0.39, 0.29) is 30.2 Å². The van der Waals surface area contributed by atoms with Gasteiger partial charge in [0.25, 0.3) is 0 Å². The number of amides is 2. The van der Waals surface area contributed by atoms with Crippen LogP contribution in [0.1, 0.15) is 33.6 Å². The van der Waals surface area contributed by atoms with Crippen LogP contribution in [0.4, 0.5) is 0 Å². The number of hydrogen-bond acceptors (Lipinski definition) is 4. The van der Waals surface area contributed by atoms with Crippen molar-refractivity contribution in [2.24, 2.45) is 17.6 Å². The number of nitrogens with zero attached hydrogens (tertiary/aromatic N) is 1. The highest BCUT2D eigenvalue weighted by Crippen LogP contribution is 2.22. The van der Waals surface area contributed by atoms with Crippen molar-refractivity contribution in [3.8, 4) is 0 Å². The lowest BCUT2D eigenvalue weighted by Crippen LogP contribution is -2.50. The van der Waals surface area contributed by atoms with E-state index >= 15 is 0 Å². The van der Waals surface area contributed by atoms with Crippen LogP contribution in [0.25, 0.3) is 0 Å². The first-order valence-electron chi connectivity index (χ1n) is 6.91. The maximum atomic E-state index is 12.2. The Morgan fingerprint density at radius 3 is 2.40 bits per heavy atom. The van der Waals surface area contributed by atoms with E-state index < -0.39 is 27.4 Å². The second-order valence-electron chi connectivity index (χ2n) is 6.02. The number of sulfone groups is 1. The summed E-state index contributed by atoms with van der Waals surface area (Å²) in [4.78, 5) is 24.9. The Hall–Kier alpha value is -1.11. The predicted molar refractivity (Wildman–Crippen MR) is 76.6 cm³/mol. The van der Waals surface area contributed by atoms with E-state index in [2.05, 4.69) is 0 Å². The van der Waals surface area contributed by atoms with Crippen LogP contribution in [0.2, 0.25) is 0 Å². The Kier molecular flexibility index (Phi) is 5.56. The number of carbonyl (C=O) groups excluding carboxylic acids is 2. The maximum Gasteiger partial charge on any atom is 0.238 e. The van der Waals surface area contributed by atoms with Gasteiger partial charge in [-0.1, -0.05) is 13.8 Å². The van der Waals surface area contributed by atoms with Crippen molar-refractivity contribution >= 4 is 21.7 Å². The number of primary amides is 1. The summed E-state index contributed by atoms with van der Waals surface area (Å²) in [6.07, 6.45) is 1.32. The van der Waals surface area contributed by atoms with Gasteiger partial charge in [-0.25, -0.2) is 8.42 Å². The van der Waals surface area contributed by atoms with E-state index in [1.54, 1.807) is 13.8 Å². The van der Waals surface area contributed by atoms with Crippen LogP contribution in [0, 0.1) is 11.8 Å². The highest BCUT2D eigenvalue weighted by atomic mass is 32.2. The largest absolute Gasteiger partial charge is 0.369 e. The molecule has 116 valence electrons. The molecule has 7 heteroatoms. The van der Waals surface area contributed by atoms with E-state index in [9.17, 15) is 18.0 Å². The third-order valence-corrected chi connectivity index (χ3v) is 5.40. The topological polar surface area (TPSA) is 97.5 Å². The average molecular weight is 304 g/mol. The zero-order chi connectivity index (χ0) is 15.5. The van der Waals surface area contributed by atoms with E-state index in [0.717, 1.165) is 0 Å². The van der Waals surface area contributed by atoms with Crippen LogP contribution in [-0.4, -0.2) is 49.2 Å². The molecule has 0 aliphatic carbocycles. The number of likely N-dealkylation sites (tertiary alicyclic amines) is 1. The van der Waals surface area contributed by atoms with Gasteiger partial charge in [0.15, 0.2) is 9.84 Å². The minimum absolute atomic E-state index is 0.000207. The van der Waals surface area contributed by atoms with E-state index in [4.69, 9.17) is 5.73 Å². The Labute approximate surface area is 120 Å². The molecule has 1 rings (SSSR count). The molecule has 0 saturated carbocycles. The van der Waals surface area contributed by atoms with Gasteiger partial charge < -0.3 is 10.6 Å². The summed E-state index contributed by atoms with van der Waals surface area (Å²) in [6, 6.07) is -0.0488. The molecule has 1 fully saturated rings. The number of nitrogens with two attached hydrogens (primary N) is 1. The minimum atomic E-state index is -3.40. The SMILES string of the molecule is CC(C)CS(=O)(=O)CC(=O)N1C[C@@H](C(N)=O)CC[C@@H]1C. The summed E-state index contributed by atoms with van der Waals surface area (Å²) in [5.74, 6) is -1.72. The zero-order valence-corrected chi connectivity index (χ0v) is 13.1. The van der Waals surface area contributed by atoms with Gasteiger partial charge in [0, 0.05) is 12.6 Å². The molecule has 0 aromatic rings. The van der Waals surface area contributed by atoms with Gasteiger partial charge in [0.2, 0.25) is 11.8 Å². The van der Waals surface area contributed by atoms with Crippen molar-refractivity contribution in [2.45, 2.75) is 39.7 Å². The quantitative estimate of drug-likeness (QED) is 0.783. The molecule has 0 bridgehead atoms. The smallest absolute Gasteiger partial charge is 0.238 e. The lowest BCUT2D eigenvalue weighted by Gasteiger charge is -2.36. The van der Waals surface area contributed by atoms with E-state index in [1.165, 1.54) is 4.90 Å². The summed E-state index contributed by atoms with van der Waals surface area (Å²) in [7, 11) is -3.40. The zero-order valence-electron chi connectivity index (χ0n) is 12.3. The molecule has 2 amide bonds. The van der Waals surface area contributed by atoms with Crippen LogP contribution >= 0.6 is 0 Å². The number of rotatable bonds is 5. The number of carbonyl (C=O) groups is 2. The Morgan fingerprint density at radius 1 is 1.30 bits per heavy atom. The summed E-state index contributed by atoms with van der Waals surface area (Å²) >= 11 is 0. The van der Waals surface area contributed by atoms with Crippen LogP contribution in [0.5, 0.6) is 0 Å². The van der Waals surface area contributed by atoms with Gasteiger partial charge in [-0.15, -0.1) is 0 Å². The van der Waals surface area contributed by atoms with Gasteiger partial charge in [0.05, 0.1) is 11.7 Å². The molecule has 1 aliphatic heterocycles. The summed E-state index contributed by atoms with van der Waals surface area (Å²) < 4.78 is 23.8. The van der Waals surface area contributed by atoms with Gasteiger partial charge in [-0.3, -0.25) is 9.59 Å².